The molecule has 3 nitrogen and oxygen atoms in total. The Kier molecular flexibility index (Phi) is 3.78. The van der Waals surface area contributed by atoms with Crippen LogP contribution in [0.2, 0.25) is 0 Å². The van der Waals surface area contributed by atoms with Crippen LogP contribution in [0.4, 0.5) is 0 Å². The minimum Gasteiger partial charge on any atom is -0.403 e. The van der Waals surface area contributed by atoms with Crippen molar-refractivity contribution >= 4 is 11.6 Å². The highest BCUT2D eigenvalue weighted by molar-refractivity contribution is 6.22. The van der Waals surface area contributed by atoms with Gasteiger partial charge in [0.05, 0.1) is 17.5 Å². The van der Waals surface area contributed by atoms with Crippen LogP contribution in [0.3, 0.4) is 0 Å². The average Bonchev–Trinajstić information content (AvgIpc) is 2.81. The fraction of sp³-hybridized carbons (Fsp3) is 0.357. The van der Waals surface area contributed by atoms with E-state index in [1.807, 2.05) is 12.2 Å². The van der Waals surface area contributed by atoms with Gasteiger partial charge in [-0.15, -0.1) is 11.6 Å². The zero-order valence-corrected chi connectivity index (χ0v) is 10.9. The summed E-state index contributed by atoms with van der Waals surface area (Å²) in [5.74, 6) is 0. The molecule has 2 rings (SSSR count). The van der Waals surface area contributed by atoms with Crippen molar-refractivity contribution in [3.8, 4) is 6.07 Å². The van der Waals surface area contributed by atoms with Gasteiger partial charge < -0.3 is 10.6 Å². The van der Waals surface area contributed by atoms with Crippen molar-refractivity contribution in [1.29, 1.82) is 5.26 Å². The van der Waals surface area contributed by atoms with Crippen molar-refractivity contribution in [2.24, 2.45) is 5.73 Å². The summed E-state index contributed by atoms with van der Waals surface area (Å²) in [6.45, 7) is 3.83. The van der Waals surface area contributed by atoms with Gasteiger partial charge in [0, 0.05) is 23.9 Å². The maximum Gasteiger partial charge on any atom is 0.0947 e. The third-order valence-electron chi connectivity index (χ3n) is 3.50. The molecule has 1 aliphatic carbocycles. The minimum atomic E-state index is -0.116. The number of nitriles is 1. The molecule has 18 heavy (non-hydrogen) atoms. The molecular weight excluding hydrogens is 246 g/mol. The number of alkyl halides is 1. The van der Waals surface area contributed by atoms with Gasteiger partial charge >= 0.3 is 0 Å². The Bertz CT molecular complexity index is 482. The van der Waals surface area contributed by atoms with Crippen LogP contribution in [0, 0.1) is 11.3 Å². The first kappa shape index (κ1) is 12.8. The van der Waals surface area contributed by atoms with Gasteiger partial charge in [0.15, 0.2) is 0 Å². The van der Waals surface area contributed by atoms with Crippen molar-refractivity contribution in [3.05, 3.63) is 48.0 Å². The highest BCUT2D eigenvalue weighted by Crippen LogP contribution is 2.37. The Morgan fingerprint density at radius 2 is 2.33 bits per heavy atom. The van der Waals surface area contributed by atoms with E-state index in [0.717, 1.165) is 29.7 Å². The van der Waals surface area contributed by atoms with Gasteiger partial charge in [-0.1, -0.05) is 12.7 Å². The highest BCUT2D eigenvalue weighted by Gasteiger charge is 2.33. The van der Waals surface area contributed by atoms with Gasteiger partial charge in [-0.2, -0.15) is 5.26 Å². The number of hydrogen-bond donors (Lipinski definition) is 1. The molecule has 2 unspecified atom stereocenters. The van der Waals surface area contributed by atoms with E-state index in [9.17, 15) is 0 Å². The van der Waals surface area contributed by atoms with E-state index < -0.39 is 0 Å². The molecule has 2 N–H and O–H groups in total. The monoisotopic (exact) mass is 261 g/mol. The molecule has 0 aromatic rings. The first-order valence-electron chi connectivity index (χ1n) is 5.97. The quantitative estimate of drug-likeness (QED) is 0.778. The molecule has 0 saturated carbocycles. The van der Waals surface area contributed by atoms with E-state index in [4.69, 9.17) is 22.6 Å². The first-order chi connectivity index (χ1) is 8.71. The lowest BCUT2D eigenvalue weighted by molar-refractivity contribution is 0.426. The summed E-state index contributed by atoms with van der Waals surface area (Å²) in [5, 5.41) is 8.76. The van der Waals surface area contributed by atoms with Crippen LogP contribution in [-0.4, -0.2) is 16.3 Å². The van der Waals surface area contributed by atoms with Crippen LogP contribution in [0.15, 0.2) is 48.0 Å². The van der Waals surface area contributed by atoms with Gasteiger partial charge in [-0.25, -0.2) is 0 Å². The van der Waals surface area contributed by atoms with Gasteiger partial charge in [0.1, 0.15) is 0 Å². The second-order valence-electron chi connectivity index (χ2n) is 4.44. The van der Waals surface area contributed by atoms with Crippen LogP contribution in [0.1, 0.15) is 19.3 Å². The maximum absolute atomic E-state index is 8.88. The van der Waals surface area contributed by atoms with E-state index >= 15 is 0 Å². The summed E-state index contributed by atoms with van der Waals surface area (Å²) >= 11 is 6.38. The van der Waals surface area contributed by atoms with Crippen LogP contribution in [0.5, 0.6) is 0 Å². The molecule has 0 spiro atoms. The molecule has 4 heteroatoms. The summed E-state index contributed by atoms with van der Waals surface area (Å²) in [6.07, 6.45) is 9.78. The molecule has 1 aliphatic heterocycles. The molecule has 1 heterocycles. The number of allylic oxidation sites excluding steroid dienone is 4. The Hall–Kier alpha value is -1.66. The van der Waals surface area contributed by atoms with Crippen molar-refractivity contribution in [2.75, 3.05) is 0 Å². The van der Waals surface area contributed by atoms with Crippen LogP contribution < -0.4 is 5.73 Å². The first-order valence-corrected chi connectivity index (χ1v) is 6.41. The smallest absolute Gasteiger partial charge is 0.0947 e. The minimum absolute atomic E-state index is 0.116. The Labute approximate surface area is 113 Å². The average molecular weight is 262 g/mol. The SMILES string of the molecule is C=CN1/C(=C\N)CCC1C1=CC=C(C#N)CC1Cl. The van der Waals surface area contributed by atoms with E-state index in [2.05, 4.69) is 17.5 Å². The van der Waals surface area contributed by atoms with Crippen molar-refractivity contribution in [2.45, 2.75) is 30.7 Å². The summed E-state index contributed by atoms with van der Waals surface area (Å²) < 4.78 is 0. The summed E-state index contributed by atoms with van der Waals surface area (Å²) in [5.41, 5.74) is 8.57. The molecule has 1 saturated heterocycles. The summed E-state index contributed by atoms with van der Waals surface area (Å²) in [7, 11) is 0. The standard InChI is InChI=1S/C14H16ClN3/c1-2-18-11(9-17)4-6-14(18)12-5-3-10(8-16)7-13(12)15/h2-3,5,9,13-14H,1,4,6-7,17H2/b11-9-. The summed E-state index contributed by atoms with van der Waals surface area (Å²) in [6, 6.07) is 2.38. The van der Waals surface area contributed by atoms with Gasteiger partial charge in [0.2, 0.25) is 0 Å². The third-order valence-corrected chi connectivity index (χ3v) is 3.90. The van der Waals surface area contributed by atoms with Gasteiger partial charge in [-0.3, -0.25) is 0 Å². The second-order valence-corrected chi connectivity index (χ2v) is 4.97. The highest BCUT2D eigenvalue weighted by atomic mass is 35.5. The number of nitrogens with zero attached hydrogens (tertiary/aromatic N) is 2. The maximum atomic E-state index is 8.88. The van der Waals surface area contributed by atoms with E-state index in [-0.39, 0.29) is 11.4 Å². The Morgan fingerprint density at radius 1 is 1.56 bits per heavy atom. The molecule has 2 aliphatic rings. The fourth-order valence-corrected chi connectivity index (χ4v) is 2.96. The lowest BCUT2D eigenvalue weighted by Crippen LogP contribution is -2.30. The van der Waals surface area contributed by atoms with Gasteiger partial charge in [0.25, 0.3) is 0 Å². The number of rotatable bonds is 2. The van der Waals surface area contributed by atoms with Crippen LogP contribution >= 0.6 is 11.6 Å². The largest absolute Gasteiger partial charge is 0.403 e. The summed E-state index contributed by atoms with van der Waals surface area (Å²) in [4.78, 5) is 2.08. The molecule has 0 aromatic carbocycles. The number of hydrogen-bond acceptors (Lipinski definition) is 3. The normalized spacial score (nSPS) is 29.8. The topological polar surface area (TPSA) is 53.0 Å². The third kappa shape index (κ3) is 2.16. The molecule has 0 radical (unpaired) electrons. The number of likely N-dealkylation sites (tertiary alicyclic amines) is 1. The molecule has 0 amide bonds. The molecule has 1 fully saturated rings. The molecule has 2 atom stereocenters. The zero-order chi connectivity index (χ0) is 13.1. The number of nitrogens with two attached hydrogens (primary N) is 1. The van der Waals surface area contributed by atoms with Gasteiger partial charge in [-0.05, 0) is 30.7 Å². The fourth-order valence-electron chi connectivity index (χ4n) is 2.58. The number of halogens is 1. The predicted molar refractivity (Wildman–Crippen MR) is 73.4 cm³/mol. The molecule has 0 bridgehead atoms. The van der Waals surface area contributed by atoms with Crippen molar-refractivity contribution < 1.29 is 0 Å². The van der Waals surface area contributed by atoms with E-state index in [1.165, 1.54) is 0 Å². The van der Waals surface area contributed by atoms with Crippen LogP contribution in [0.25, 0.3) is 0 Å². The van der Waals surface area contributed by atoms with Crippen LogP contribution in [-0.2, 0) is 0 Å². The Morgan fingerprint density at radius 3 is 2.89 bits per heavy atom. The van der Waals surface area contributed by atoms with Crippen molar-refractivity contribution in [1.82, 2.24) is 4.90 Å². The van der Waals surface area contributed by atoms with Crippen molar-refractivity contribution in [3.63, 3.8) is 0 Å². The molecular formula is C14H16ClN3. The van der Waals surface area contributed by atoms with E-state index in [1.54, 1.807) is 12.4 Å². The lowest BCUT2D eigenvalue weighted by atomic mass is 9.92. The zero-order valence-electron chi connectivity index (χ0n) is 10.1. The Balaban J connectivity index is 2.28. The predicted octanol–water partition coefficient (Wildman–Crippen LogP) is 2.78. The second kappa shape index (κ2) is 5.32. The lowest BCUT2D eigenvalue weighted by Gasteiger charge is -2.29. The molecule has 94 valence electrons. The molecule has 0 aromatic heterocycles. The van der Waals surface area contributed by atoms with E-state index in [0.29, 0.717) is 6.42 Å².